The summed E-state index contributed by atoms with van der Waals surface area (Å²) in [5.41, 5.74) is 0. The molecule has 5 nitrogen and oxygen atoms in total. The molecule has 3 unspecified atom stereocenters. The molecule has 0 aliphatic carbocycles. The van der Waals surface area contributed by atoms with Gasteiger partial charge in [0.15, 0.2) is 0 Å². The summed E-state index contributed by atoms with van der Waals surface area (Å²) in [6, 6.07) is -0.738. The zero-order valence-electron chi connectivity index (χ0n) is 33.1. The molecule has 0 aromatic rings. The number of amides is 1. The van der Waals surface area contributed by atoms with Crippen molar-refractivity contribution >= 4 is 5.91 Å². The molecule has 5 heteroatoms. The molecule has 0 heterocycles. The van der Waals surface area contributed by atoms with Crippen LogP contribution in [0.3, 0.4) is 0 Å². The fourth-order valence-corrected chi connectivity index (χ4v) is 6.93. The van der Waals surface area contributed by atoms with Crippen molar-refractivity contribution in [3.05, 3.63) is 12.2 Å². The lowest BCUT2D eigenvalue weighted by Gasteiger charge is -2.21. The summed E-state index contributed by atoms with van der Waals surface area (Å²) in [5.74, 6) is -0.312. The van der Waals surface area contributed by atoms with E-state index in [1.54, 1.807) is 6.08 Å². The Morgan fingerprint density at radius 1 is 0.510 bits per heavy atom. The van der Waals surface area contributed by atoms with Crippen molar-refractivity contribution in [2.24, 2.45) is 0 Å². The normalized spacial score (nSPS) is 13.7. The summed E-state index contributed by atoms with van der Waals surface area (Å²) in [5, 5.41) is 33.2. The third-order valence-corrected chi connectivity index (χ3v) is 10.3. The predicted octanol–water partition coefficient (Wildman–Crippen LogP) is 12.4. The average Bonchev–Trinajstić information content (AvgIpc) is 3.09. The van der Waals surface area contributed by atoms with Gasteiger partial charge in [-0.1, -0.05) is 225 Å². The highest BCUT2D eigenvalue weighted by Gasteiger charge is 2.20. The molecule has 3 atom stereocenters. The van der Waals surface area contributed by atoms with E-state index in [0.29, 0.717) is 6.42 Å². The van der Waals surface area contributed by atoms with Crippen molar-refractivity contribution in [2.75, 3.05) is 6.61 Å². The van der Waals surface area contributed by atoms with Gasteiger partial charge in [-0.25, -0.2) is 0 Å². The van der Waals surface area contributed by atoms with Crippen molar-refractivity contribution in [3.8, 4) is 0 Å². The van der Waals surface area contributed by atoms with Gasteiger partial charge in [-0.05, 0) is 19.3 Å². The number of hydrogen-bond acceptors (Lipinski definition) is 4. The van der Waals surface area contributed by atoms with Gasteiger partial charge in [-0.15, -0.1) is 0 Å². The minimum atomic E-state index is -0.923. The largest absolute Gasteiger partial charge is 0.394 e. The van der Waals surface area contributed by atoms with E-state index in [1.807, 2.05) is 6.08 Å². The van der Waals surface area contributed by atoms with Gasteiger partial charge in [0.05, 0.1) is 31.3 Å². The number of hydrogen-bond donors (Lipinski definition) is 4. The number of nitrogens with one attached hydrogen (secondary N) is 1. The molecule has 0 aliphatic heterocycles. The Bertz CT molecular complexity index is 684. The molecule has 0 radical (unpaired) electrons. The Labute approximate surface area is 306 Å². The third kappa shape index (κ3) is 36.7. The molecule has 0 fully saturated rings. The fourth-order valence-electron chi connectivity index (χ4n) is 6.93. The Hall–Kier alpha value is -0.910. The molecule has 0 rings (SSSR count). The van der Waals surface area contributed by atoms with Gasteiger partial charge in [0.2, 0.25) is 5.91 Å². The molecule has 49 heavy (non-hydrogen) atoms. The topological polar surface area (TPSA) is 89.8 Å². The molecular formula is C44H87NO4. The molecule has 0 aromatic carbocycles. The molecule has 292 valence electrons. The van der Waals surface area contributed by atoms with E-state index in [0.717, 1.165) is 25.7 Å². The zero-order chi connectivity index (χ0) is 35.9. The van der Waals surface area contributed by atoms with Gasteiger partial charge in [-0.3, -0.25) is 4.79 Å². The highest BCUT2D eigenvalue weighted by molar-refractivity contribution is 5.76. The van der Waals surface area contributed by atoms with Crippen molar-refractivity contribution in [3.63, 3.8) is 0 Å². The van der Waals surface area contributed by atoms with E-state index in [1.165, 1.54) is 186 Å². The smallest absolute Gasteiger partial charge is 0.222 e. The summed E-state index contributed by atoms with van der Waals surface area (Å²) >= 11 is 0. The van der Waals surface area contributed by atoms with Gasteiger partial charge in [-0.2, -0.15) is 0 Å². The number of carbonyl (C=O) groups is 1. The fraction of sp³-hybridized carbons (Fsp3) is 0.932. The average molecular weight is 694 g/mol. The van der Waals surface area contributed by atoms with Crippen molar-refractivity contribution < 1.29 is 20.1 Å². The van der Waals surface area contributed by atoms with E-state index in [4.69, 9.17) is 0 Å². The van der Waals surface area contributed by atoms with E-state index < -0.39 is 18.2 Å². The lowest BCUT2D eigenvalue weighted by Crippen LogP contribution is -2.45. The summed E-state index contributed by atoms with van der Waals surface area (Å²) in [4.78, 5) is 12.4. The van der Waals surface area contributed by atoms with Crippen LogP contribution in [0.25, 0.3) is 0 Å². The van der Waals surface area contributed by atoms with Crippen LogP contribution in [0.2, 0.25) is 0 Å². The molecule has 0 spiro atoms. The Morgan fingerprint density at radius 2 is 0.837 bits per heavy atom. The minimum absolute atomic E-state index is 0.0188. The molecular weight excluding hydrogens is 606 g/mol. The highest BCUT2D eigenvalue weighted by atomic mass is 16.3. The summed E-state index contributed by atoms with van der Waals surface area (Å²) in [6.07, 6.45) is 46.4. The van der Waals surface area contributed by atoms with Crippen LogP contribution in [0.5, 0.6) is 0 Å². The van der Waals surface area contributed by atoms with Crippen LogP contribution >= 0.6 is 0 Å². The second kappa shape index (κ2) is 39.9. The SMILES string of the molecule is CCCCCCCCCCCCCCC/C=C/C(O)C(CO)NC(=O)CC(O)CCCCCCCCCCCCCCCCCCCCC. The van der Waals surface area contributed by atoms with Crippen molar-refractivity contribution in [1.82, 2.24) is 5.32 Å². The zero-order valence-corrected chi connectivity index (χ0v) is 33.1. The van der Waals surface area contributed by atoms with E-state index in [-0.39, 0.29) is 18.9 Å². The number of rotatable bonds is 40. The van der Waals surface area contributed by atoms with Gasteiger partial charge in [0.1, 0.15) is 0 Å². The molecule has 0 saturated heterocycles. The minimum Gasteiger partial charge on any atom is -0.394 e. The van der Waals surface area contributed by atoms with Gasteiger partial charge in [0, 0.05) is 0 Å². The standard InChI is InChI=1S/C44H87NO4/c1-3-5-7-9-11-13-15-17-19-20-21-22-24-25-27-29-31-33-35-37-41(47)39-44(49)45-42(40-46)43(48)38-36-34-32-30-28-26-23-18-16-14-12-10-8-6-4-2/h36,38,41-43,46-48H,3-35,37,39-40H2,1-2H3,(H,45,49)/b38-36+. The lowest BCUT2D eigenvalue weighted by atomic mass is 10.0. The molecule has 4 N–H and O–H groups in total. The third-order valence-electron chi connectivity index (χ3n) is 10.3. The molecule has 0 aromatic heterocycles. The number of unbranched alkanes of at least 4 members (excludes halogenated alkanes) is 31. The number of aliphatic hydroxyl groups is 3. The monoisotopic (exact) mass is 694 g/mol. The van der Waals surface area contributed by atoms with Crippen LogP contribution in [0.15, 0.2) is 12.2 Å². The highest BCUT2D eigenvalue weighted by Crippen LogP contribution is 2.16. The summed E-state index contributed by atoms with van der Waals surface area (Å²) in [7, 11) is 0. The molecule has 0 aliphatic rings. The molecule has 0 saturated carbocycles. The van der Waals surface area contributed by atoms with Crippen LogP contribution in [0.1, 0.15) is 239 Å². The first-order valence-electron chi connectivity index (χ1n) is 22.0. The number of allylic oxidation sites excluding steroid dienone is 1. The Morgan fingerprint density at radius 3 is 1.18 bits per heavy atom. The maximum absolute atomic E-state index is 12.4. The van der Waals surface area contributed by atoms with Crippen LogP contribution < -0.4 is 5.32 Å². The van der Waals surface area contributed by atoms with Crippen LogP contribution in [0.4, 0.5) is 0 Å². The molecule has 0 bridgehead atoms. The lowest BCUT2D eigenvalue weighted by molar-refractivity contribution is -0.124. The van der Waals surface area contributed by atoms with Gasteiger partial charge >= 0.3 is 0 Å². The molecule has 1 amide bonds. The van der Waals surface area contributed by atoms with E-state index >= 15 is 0 Å². The number of aliphatic hydroxyl groups excluding tert-OH is 3. The first-order valence-corrected chi connectivity index (χ1v) is 22.0. The summed E-state index contributed by atoms with van der Waals surface area (Å²) in [6.45, 7) is 4.23. The first-order chi connectivity index (χ1) is 24.0. The second-order valence-corrected chi connectivity index (χ2v) is 15.3. The van der Waals surface area contributed by atoms with Crippen LogP contribution in [0, 0.1) is 0 Å². The van der Waals surface area contributed by atoms with Crippen molar-refractivity contribution in [2.45, 2.75) is 257 Å². The predicted molar refractivity (Wildman–Crippen MR) is 213 cm³/mol. The van der Waals surface area contributed by atoms with Gasteiger partial charge in [0.25, 0.3) is 0 Å². The quantitative estimate of drug-likeness (QED) is 0.0380. The van der Waals surface area contributed by atoms with Crippen LogP contribution in [-0.4, -0.2) is 46.1 Å². The number of carbonyl (C=O) groups excluding carboxylic acids is 1. The van der Waals surface area contributed by atoms with Gasteiger partial charge < -0.3 is 20.6 Å². The van der Waals surface area contributed by atoms with E-state index in [9.17, 15) is 20.1 Å². The van der Waals surface area contributed by atoms with Crippen molar-refractivity contribution in [1.29, 1.82) is 0 Å². The Balaban J connectivity index is 3.63. The Kier molecular flexibility index (Phi) is 39.1. The maximum Gasteiger partial charge on any atom is 0.222 e. The summed E-state index contributed by atoms with van der Waals surface area (Å²) < 4.78 is 0. The van der Waals surface area contributed by atoms with E-state index in [2.05, 4.69) is 19.2 Å². The maximum atomic E-state index is 12.4. The van der Waals surface area contributed by atoms with Crippen LogP contribution in [-0.2, 0) is 4.79 Å². The second-order valence-electron chi connectivity index (χ2n) is 15.3. The first kappa shape index (κ1) is 48.1.